The van der Waals surface area contributed by atoms with Crippen molar-refractivity contribution in [2.75, 3.05) is 6.54 Å². The molecule has 0 aromatic heterocycles. The second kappa shape index (κ2) is 3.14. The van der Waals surface area contributed by atoms with Gasteiger partial charge in [-0.1, -0.05) is 6.92 Å². The lowest BCUT2D eigenvalue weighted by Gasteiger charge is -2.36. The molecule has 1 heteroatoms. The van der Waals surface area contributed by atoms with Gasteiger partial charge >= 0.3 is 0 Å². The highest BCUT2D eigenvalue weighted by molar-refractivity contribution is 4.87. The first kappa shape index (κ1) is 9.05. The van der Waals surface area contributed by atoms with E-state index in [0.717, 1.165) is 6.04 Å². The smallest absolute Gasteiger partial charge is 0.0127 e. The highest BCUT2D eigenvalue weighted by Crippen LogP contribution is 2.27. The summed E-state index contributed by atoms with van der Waals surface area (Å²) in [5.74, 6) is 0. The molecule has 1 nitrogen and oxygen atoms in total. The lowest BCUT2D eigenvalue weighted by molar-refractivity contribution is 0.119. The molecule has 1 aliphatic rings. The summed E-state index contributed by atoms with van der Waals surface area (Å²) in [5, 5.41) is 0. The van der Waals surface area contributed by atoms with Crippen LogP contribution in [0.1, 0.15) is 47.0 Å². The fraction of sp³-hybridized carbons (Fsp3) is 1.00. The van der Waals surface area contributed by atoms with Crippen molar-refractivity contribution in [1.29, 1.82) is 0 Å². The van der Waals surface area contributed by atoms with Gasteiger partial charge in [0, 0.05) is 11.6 Å². The molecule has 1 fully saturated rings. The Hall–Kier alpha value is -0.0400. The SMILES string of the molecule is CC[C@@H]1CCCN1C(C)(C)C. The first-order valence-corrected chi connectivity index (χ1v) is 4.82. The zero-order valence-electron chi connectivity index (χ0n) is 8.35. The summed E-state index contributed by atoms with van der Waals surface area (Å²) in [7, 11) is 0. The lowest BCUT2D eigenvalue weighted by Crippen LogP contribution is -2.44. The molecule has 0 spiro atoms. The third-order valence-corrected chi connectivity index (χ3v) is 2.71. The molecule has 11 heavy (non-hydrogen) atoms. The molecule has 0 saturated carbocycles. The Balaban J connectivity index is 2.57. The van der Waals surface area contributed by atoms with Crippen molar-refractivity contribution in [1.82, 2.24) is 4.90 Å². The van der Waals surface area contributed by atoms with Crippen molar-refractivity contribution < 1.29 is 0 Å². The molecule has 0 bridgehead atoms. The Morgan fingerprint density at radius 2 is 2.00 bits per heavy atom. The van der Waals surface area contributed by atoms with Crippen LogP contribution in [-0.2, 0) is 0 Å². The Morgan fingerprint density at radius 3 is 2.36 bits per heavy atom. The average Bonchev–Trinajstić information content (AvgIpc) is 2.31. The quantitative estimate of drug-likeness (QED) is 0.562. The van der Waals surface area contributed by atoms with Gasteiger partial charge in [-0.05, 0) is 46.6 Å². The van der Waals surface area contributed by atoms with Gasteiger partial charge in [0.25, 0.3) is 0 Å². The minimum absolute atomic E-state index is 0.386. The summed E-state index contributed by atoms with van der Waals surface area (Å²) in [6.07, 6.45) is 4.13. The standard InChI is InChI=1S/C10H21N/c1-5-9-7-6-8-11(9)10(2,3)4/h9H,5-8H2,1-4H3/t9-/m1/s1. The fourth-order valence-corrected chi connectivity index (χ4v) is 2.14. The topological polar surface area (TPSA) is 3.24 Å². The second-order valence-corrected chi connectivity index (χ2v) is 4.57. The van der Waals surface area contributed by atoms with Gasteiger partial charge in [0.05, 0.1) is 0 Å². The predicted octanol–water partition coefficient (Wildman–Crippen LogP) is 2.66. The van der Waals surface area contributed by atoms with Crippen LogP contribution in [0.15, 0.2) is 0 Å². The van der Waals surface area contributed by atoms with E-state index in [9.17, 15) is 0 Å². The van der Waals surface area contributed by atoms with E-state index in [4.69, 9.17) is 0 Å². The molecule has 0 N–H and O–H groups in total. The van der Waals surface area contributed by atoms with Gasteiger partial charge in [-0.25, -0.2) is 0 Å². The van der Waals surface area contributed by atoms with Gasteiger partial charge in [-0.3, -0.25) is 4.90 Å². The highest BCUT2D eigenvalue weighted by Gasteiger charge is 2.31. The van der Waals surface area contributed by atoms with Gasteiger partial charge < -0.3 is 0 Å². The molecule has 1 rings (SSSR count). The van der Waals surface area contributed by atoms with Crippen molar-refractivity contribution in [3.05, 3.63) is 0 Å². The van der Waals surface area contributed by atoms with E-state index in [1.165, 1.54) is 25.8 Å². The summed E-state index contributed by atoms with van der Waals surface area (Å²) >= 11 is 0. The maximum atomic E-state index is 2.65. The molecule has 66 valence electrons. The van der Waals surface area contributed by atoms with Crippen LogP contribution in [0.3, 0.4) is 0 Å². The number of rotatable bonds is 1. The molecule has 1 heterocycles. The molecule has 0 aromatic carbocycles. The monoisotopic (exact) mass is 155 g/mol. The van der Waals surface area contributed by atoms with Crippen LogP contribution >= 0.6 is 0 Å². The van der Waals surface area contributed by atoms with Crippen LogP contribution in [0.25, 0.3) is 0 Å². The number of hydrogen-bond acceptors (Lipinski definition) is 1. The molecule has 0 aromatic rings. The normalized spacial score (nSPS) is 27.8. The minimum Gasteiger partial charge on any atom is -0.296 e. The highest BCUT2D eigenvalue weighted by atomic mass is 15.2. The maximum Gasteiger partial charge on any atom is 0.0127 e. The van der Waals surface area contributed by atoms with Crippen molar-refractivity contribution >= 4 is 0 Å². The molecule has 1 atom stereocenters. The predicted molar refractivity (Wildman–Crippen MR) is 49.8 cm³/mol. The second-order valence-electron chi connectivity index (χ2n) is 4.57. The summed E-state index contributed by atoms with van der Waals surface area (Å²) in [6, 6.07) is 0.856. The Bertz CT molecular complexity index is 123. The number of hydrogen-bond donors (Lipinski definition) is 0. The first-order valence-electron chi connectivity index (χ1n) is 4.82. The Morgan fingerprint density at radius 1 is 1.36 bits per heavy atom. The number of likely N-dealkylation sites (tertiary alicyclic amines) is 1. The fourth-order valence-electron chi connectivity index (χ4n) is 2.14. The maximum absolute atomic E-state index is 2.65. The Kier molecular flexibility index (Phi) is 2.58. The van der Waals surface area contributed by atoms with Crippen LogP contribution in [0, 0.1) is 0 Å². The average molecular weight is 155 g/mol. The summed E-state index contributed by atoms with van der Waals surface area (Å²) in [6.45, 7) is 10.6. The van der Waals surface area contributed by atoms with E-state index >= 15 is 0 Å². The first-order chi connectivity index (χ1) is 5.05. The van der Waals surface area contributed by atoms with E-state index in [-0.39, 0.29) is 0 Å². The largest absolute Gasteiger partial charge is 0.296 e. The molecule has 0 unspecified atom stereocenters. The third-order valence-electron chi connectivity index (χ3n) is 2.71. The van der Waals surface area contributed by atoms with Gasteiger partial charge in [-0.2, -0.15) is 0 Å². The zero-order valence-corrected chi connectivity index (χ0v) is 8.35. The molecule has 0 amide bonds. The van der Waals surface area contributed by atoms with Gasteiger partial charge in [-0.15, -0.1) is 0 Å². The molecule has 1 aliphatic heterocycles. The van der Waals surface area contributed by atoms with Crippen molar-refractivity contribution in [2.24, 2.45) is 0 Å². The van der Waals surface area contributed by atoms with E-state index in [1.807, 2.05) is 0 Å². The van der Waals surface area contributed by atoms with E-state index in [1.54, 1.807) is 0 Å². The van der Waals surface area contributed by atoms with Crippen LogP contribution in [0.5, 0.6) is 0 Å². The number of nitrogens with zero attached hydrogens (tertiary/aromatic N) is 1. The summed E-state index contributed by atoms with van der Waals surface area (Å²) in [4.78, 5) is 2.65. The zero-order chi connectivity index (χ0) is 8.48. The van der Waals surface area contributed by atoms with Gasteiger partial charge in [0.1, 0.15) is 0 Å². The van der Waals surface area contributed by atoms with Crippen molar-refractivity contribution in [3.63, 3.8) is 0 Å². The summed E-state index contributed by atoms with van der Waals surface area (Å²) in [5.41, 5.74) is 0.386. The third kappa shape index (κ3) is 1.96. The van der Waals surface area contributed by atoms with Crippen LogP contribution < -0.4 is 0 Å². The van der Waals surface area contributed by atoms with Crippen LogP contribution in [-0.4, -0.2) is 23.0 Å². The molecule has 1 saturated heterocycles. The van der Waals surface area contributed by atoms with Crippen LogP contribution in [0.2, 0.25) is 0 Å². The molecule has 0 aliphatic carbocycles. The minimum atomic E-state index is 0.386. The summed E-state index contributed by atoms with van der Waals surface area (Å²) < 4.78 is 0. The Labute approximate surface area is 70.8 Å². The van der Waals surface area contributed by atoms with Gasteiger partial charge in [0.15, 0.2) is 0 Å². The molecular formula is C10H21N. The van der Waals surface area contributed by atoms with Crippen molar-refractivity contribution in [3.8, 4) is 0 Å². The molecular weight excluding hydrogens is 134 g/mol. The van der Waals surface area contributed by atoms with Crippen molar-refractivity contribution in [2.45, 2.75) is 58.5 Å². The van der Waals surface area contributed by atoms with E-state index in [2.05, 4.69) is 32.6 Å². The lowest BCUT2D eigenvalue weighted by atomic mass is 10.0. The van der Waals surface area contributed by atoms with E-state index < -0.39 is 0 Å². The van der Waals surface area contributed by atoms with Crippen LogP contribution in [0.4, 0.5) is 0 Å². The molecule has 0 radical (unpaired) electrons. The van der Waals surface area contributed by atoms with E-state index in [0.29, 0.717) is 5.54 Å². The van der Waals surface area contributed by atoms with Gasteiger partial charge in [0.2, 0.25) is 0 Å².